The van der Waals surface area contributed by atoms with Gasteiger partial charge in [-0.1, -0.05) is 39.0 Å². The average molecular weight is 280 g/mol. The Hall–Kier alpha value is -0.830. The lowest BCUT2D eigenvalue weighted by molar-refractivity contribution is 0.0975. The largest absolute Gasteiger partial charge is 0.294 e. The lowest BCUT2D eigenvalue weighted by Gasteiger charge is -2.23. The number of carbonyl (C=O) groups excluding carboxylic acids is 1. The molecule has 0 fully saturated rings. The number of hydrogen-bond donors (Lipinski definition) is 0. The summed E-state index contributed by atoms with van der Waals surface area (Å²) in [6.45, 7) is 2.21. The molecule has 0 N–H and O–H groups in total. The molecule has 1 heterocycles. The Morgan fingerprint density at radius 1 is 1.26 bits per heavy atom. The van der Waals surface area contributed by atoms with E-state index in [9.17, 15) is 9.18 Å². The van der Waals surface area contributed by atoms with Gasteiger partial charge < -0.3 is 0 Å². The standard InChI is InChI=1S/C16H21FOS/c1-2-3-4-5-6-7-13-11-15(18)14-10-12(17)8-9-16(14)19-13/h8-10,13H,2-7,11H2,1H3. The molecule has 0 amide bonds. The van der Waals surface area contributed by atoms with Gasteiger partial charge in [-0.15, -0.1) is 11.8 Å². The van der Waals surface area contributed by atoms with E-state index >= 15 is 0 Å². The predicted molar refractivity (Wildman–Crippen MR) is 78.4 cm³/mol. The van der Waals surface area contributed by atoms with Crippen molar-refractivity contribution < 1.29 is 9.18 Å². The first-order valence-electron chi connectivity index (χ1n) is 7.20. The molecule has 1 aliphatic rings. The van der Waals surface area contributed by atoms with Crippen LogP contribution < -0.4 is 0 Å². The molecule has 1 atom stereocenters. The van der Waals surface area contributed by atoms with E-state index in [1.807, 2.05) is 0 Å². The number of halogens is 1. The van der Waals surface area contributed by atoms with Crippen LogP contribution in [0.3, 0.4) is 0 Å². The first kappa shape index (κ1) is 14.6. The maximum Gasteiger partial charge on any atom is 0.165 e. The summed E-state index contributed by atoms with van der Waals surface area (Å²) in [7, 11) is 0. The van der Waals surface area contributed by atoms with Crippen LogP contribution in [-0.4, -0.2) is 11.0 Å². The van der Waals surface area contributed by atoms with E-state index in [2.05, 4.69) is 6.92 Å². The topological polar surface area (TPSA) is 17.1 Å². The minimum Gasteiger partial charge on any atom is -0.294 e. The molecule has 1 aliphatic heterocycles. The molecule has 0 saturated heterocycles. The van der Waals surface area contributed by atoms with Gasteiger partial charge in [-0.2, -0.15) is 0 Å². The molecule has 1 aromatic rings. The zero-order valence-electron chi connectivity index (χ0n) is 11.5. The van der Waals surface area contributed by atoms with E-state index in [0.717, 1.165) is 11.3 Å². The van der Waals surface area contributed by atoms with E-state index < -0.39 is 0 Å². The molecule has 0 radical (unpaired) electrons. The fourth-order valence-electron chi connectivity index (χ4n) is 2.50. The van der Waals surface area contributed by atoms with Crippen molar-refractivity contribution in [2.75, 3.05) is 0 Å². The average Bonchev–Trinajstić information content (AvgIpc) is 2.39. The summed E-state index contributed by atoms with van der Waals surface area (Å²) in [4.78, 5) is 13.0. The van der Waals surface area contributed by atoms with E-state index in [-0.39, 0.29) is 11.6 Å². The quantitative estimate of drug-likeness (QED) is 0.663. The van der Waals surface area contributed by atoms with Gasteiger partial charge in [-0.3, -0.25) is 4.79 Å². The van der Waals surface area contributed by atoms with Gasteiger partial charge in [0, 0.05) is 22.1 Å². The molecular weight excluding hydrogens is 259 g/mol. The molecule has 0 aromatic heterocycles. The fourth-order valence-corrected chi connectivity index (χ4v) is 3.82. The van der Waals surface area contributed by atoms with Gasteiger partial charge in [0.2, 0.25) is 0 Å². The second-order valence-corrected chi connectivity index (χ2v) is 6.55. The number of unbranched alkanes of at least 4 members (excludes halogenated alkanes) is 4. The molecule has 1 unspecified atom stereocenters. The van der Waals surface area contributed by atoms with Crippen LogP contribution in [0.4, 0.5) is 4.39 Å². The Bertz CT molecular complexity index is 444. The van der Waals surface area contributed by atoms with Crippen molar-refractivity contribution in [1.82, 2.24) is 0 Å². The van der Waals surface area contributed by atoms with Gasteiger partial charge >= 0.3 is 0 Å². The highest BCUT2D eigenvalue weighted by atomic mass is 32.2. The SMILES string of the molecule is CCCCCCCC1CC(=O)c2cc(F)ccc2S1. The smallest absolute Gasteiger partial charge is 0.165 e. The highest BCUT2D eigenvalue weighted by molar-refractivity contribution is 8.00. The van der Waals surface area contributed by atoms with Gasteiger partial charge in [-0.05, 0) is 24.6 Å². The third-order valence-corrected chi connectivity index (χ3v) is 4.92. The van der Waals surface area contributed by atoms with Crippen molar-refractivity contribution >= 4 is 17.5 Å². The zero-order valence-corrected chi connectivity index (χ0v) is 12.3. The fraction of sp³-hybridized carbons (Fsp3) is 0.562. The van der Waals surface area contributed by atoms with Crippen molar-refractivity contribution in [1.29, 1.82) is 0 Å². The van der Waals surface area contributed by atoms with Crippen molar-refractivity contribution in [3.8, 4) is 0 Å². The van der Waals surface area contributed by atoms with E-state index in [0.29, 0.717) is 17.2 Å². The molecule has 0 spiro atoms. The summed E-state index contributed by atoms with van der Waals surface area (Å²) in [6, 6.07) is 4.57. The molecule has 19 heavy (non-hydrogen) atoms. The molecule has 3 heteroatoms. The summed E-state index contributed by atoms with van der Waals surface area (Å²) in [5.41, 5.74) is 0.576. The lowest BCUT2D eigenvalue weighted by Crippen LogP contribution is -2.17. The number of carbonyl (C=O) groups is 1. The number of Topliss-reactive ketones (excluding diaryl/α,β-unsaturated/α-hetero) is 1. The second kappa shape index (κ2) is 7.09. The summed E-state index contributed by atoms with van der Waals surface area (Å²) in [5, 5.41) is 0.382. The van der Waals surface area contributed by atoms with Crippen LogP contribution in [-0.2, 0) is 0 Å². The zero-order chi connectivity index (χ0) is 13.7. The van der Waals surface area contributed by atoms with E-state index in [1.54, 1.807) is 17.8 Å². The third kappa shape index (κ3) is 4.07. The lowest BCUT2D eigenvalue weighted by atomic mass is 10.0. The van der Waals surface area contributed by atoms with Gasteiger partial charge in [0.25, 0.3) is 0 Å². The normalized spacial score (nSPS) is 18.4. The number of fused-ring (bicyclic) bond motifs is 1. The Morgan fingerprint density at radius 3 is 2.84 bits per heavy atom. The van der Waals surface area contributed by atoms with Crippen molar-refractivity contribution in [3.05, 3.63) is 29.6 Å². The van der Waals surface area contributed by atoms with Crippen molar-refractivity contribution in [2.45, 2.75) is 62.0 Å². The summed E-state index contributed by atoms with van der Waals surface area (Å²) in [6.07, 6.45) is 7.97. The van der Waals surface area contributed by atoms with Crippen LogP contribution in [0.5, 0.6) is 0 Å². The second-order valence-electron chi connectivity index (χ2n) is 5.21. The van der Waals surface area contributed by atoms with E-state index in [4.69, 9.17) is 0 Å². The molecule has 1 aromatic carbocycles. The number of benzene rings is 1. The number of rotatable bonds is 6. The Kier molecular flexibility index (Phi) is 5.44. The summed E-state index contributed by atoms with van der Waals surface area (Å²) in [5.74, 6) is -0.211. The van der Waals surface area contributed by atoms with Crippen molar-refractivity contribution in [3.63, 3.8) is 0 Å². The van der Waals surface area contributed by atoms with Crippen LogP contribution in [0.25, 0.3) is 0 Å². The summed E-state index contributed by atoms with van der Waals surface area (Å²) >= 11 is 1.75. The first-order chi connectivity index (χ1) is 9.20. The molecule has 0 saturated carbocycles. The van der Waals surface area contributed by atoms with Crippen LogP contribution >= 0.6 is 11.8 Å². The van der Waals surface area contributed by atoms with E-state index in [1.165, 1.54) is 44.2 Å². The van der Waals surface area contributed by atoms with Crippen LogP contribution in [0.1, 0.15) is 62.2 Å². The number of hydrogen-bond acceptors (Lipinski definition) is 2. The van der Waals surface area contributed by atoms with Crippen LogP contribution in [0, 0.1) is 5.82 Å². The van der Waals surface area contributed by atoms with Gasteiger partial charge in [0.15, 0.2) is 5.78 Å². The number of thioether (sulfide) groups is 1. The molecular formula is C16H21FOS. The highest BCUT2D eigenvalue weighted by Gasteiger charge is 2.25. The summed E-state index contributed by atoms with van der Waals surface area (Å²) < 4.78 is 13.1. The van der Waals surface area contributed by atoms with Crippen LogP contribution in [0.15, 0.2) is 23.1 Å². The third-order valence-electron chi connectivity index (χ3n) is 3.58. The maximum atomic E-state index is 13.1. The molecule has 2 rings (SSSR count). The van der Waals surface area contributed by atoms with Crippen LogP contribution in [0.2, 0.25) is 0 Å². The maximum absolute atomic E-state index is 13.1. The molecule has 0 aliphatic carbocycles. The molecule has 0 bridgehead atoms. The highest BCUT2D eigenvalue weighted by Crippen LogP contribution is 2.37. The first-order valence-corrected chi connectivity index (χ1v) is 8.08. The predicted octanol–water partition coefficient (Wildman–Crippen LogP) is 5.23. The van der Waals surface area contributed by atoms with Gasteiger partial charge in [-0.25, -0.2) is 4.39 Å². The van der Waals surface area contributed by atoms with Gasteiger partial charge in [0.05, 0.1) is 0 Å². The minimum atomic E-state index is -0.314. The molecule has 1 nitrogen and oxygen atoms in total. The minimum absolute atomic E-state index is 0.104. The Balaban J connectivity index is 1.87. The van der Waals surface area contributed by atoms with Crippen molar-refractivity contribution in [2.24, 2.45) is 0 Å². The monoisotopic (exact) mass is 280 g/mol. The van der Waals surface area contributed by atoms with Gasteiger partial charge in [0.1, 0.15) is 5.82 Å². The number of ketones is 1. The Morgan fingerprint density at radius 2 is 2.05 bits per heavy atom. The Labute approximate surface area is 119 Å². The molecule has 104 valence electrons.